The SMILES string of the molecule is COC(C)(CN=C=O)c1ccccc1F. The number of isocyanates is 1. The van der Waals surface area contributed by atoms with Crippen LogP contribution >= 0.6 is 0 Å². The van der Waals surface area contributed by atoms with Crippen LogP contribution in [0.25, 0.3) is 0 Å². The third-order valence-electron chi connectivity index (χ3n) is 2.34. The Morgan fingerprint density at radius 2 is 2.20 bits per heavy atom. The Morgan fingerprint density at radius 3 is 2.73 bits per heavy atom. The summed E-state index contributed by atoms with van der Waals surface area (Å²) >= 11 is 0. The molecule has 0 aliphatic heterocycles. The lowest BCUT2D eigenvalue weighted by molar-refractivity contribution is 0.00765. The van der Waals surface area contributed by atoms with Crippen LogP contribution in [-0.2, 0) is 15.1 Å². The monoisotopic (exact) mass is 209 g/mol. The summed E-state index contributed by atoms with van der Waals surface area (Å²) in [6, 6.07) is 6.26. The Labute approximate surface area is 87.6 Å². The summed E-state index contributed by atoms with van der Waals surface area (Å²) in [5.41, 5.74) is -0.547. The number of rotatable bonds is 4. The zero-order valence-electron chi connectivity index (χ0n) is 8.66. The van der Waals surface area contributed by atoms with Crippen LogP contribution in [0.2, 0.25) is 0 Å². The number of carbonyl (C=O) groups excluding carboxylic acids is 1. The van der Waals surface area contributed by atoms with Crippen LogP contribution < -0.4 is 0 Å². The van der Waals surface area contributed by atoms with Gasteiger partial charge in [0.2, 0.25) is 6.08 Å². The largest absolute Gasteiger partial charge is 0.372 e. The van der Waals surface area contributed by atoms with Crippen LogP contribution in [0.1, 0.15) is 12.5 Å². The van der Waals surface area contributed by atoms with Crippen LogP contribution in [0.5, 0.6) is 0 Å². The maximum absolute atomic E-state index is 13.5. The van der Waals surface area contributed by atoms with Crippen LogP contribution in [-0.4, -0.2) is 19.7 Å². The first-order valence-electron chi connectivity index (χ1n) is 4.48. The van der Waals surface area contributed by atoms with E-state index in [-0.39, 0.29) is 12.4 Å². The molecule has 1 rings (SSSR count). The molecule has 0 spiro atoms. The fraction of sp³-hybridized carbons (Fsp3) is 0.364. The van der Waals surface area contributed by atoms with E-state index >= 15 is 0 Å². The standard InChI is InChI=1S/C11H12FNO2/c1-11(15-2,7-13-8-14)9-5-3-4-6-10(9)12/h3-6H,7H2,1-2H3. The summed E-state index contributed by atoms with van der Waals surface area (Å²) in [7, 11) is 1.45. The van der Waals surface area contributed by atoms with Gasteiger partial charge in [-0.1, -0.05) is 18.2 Å². The van der Waals surface area contributed by atoms with E-state index in [1.807, 2.05) is 0 Å². The second-order valence-corrected chi connectivity index (χ2v) is 3.32. The van der Waals surface area contributed by atoms with Gasteiger partial charge in [-0.2, -0.15) is 0 Å². The van der Waals surface area contributed by atoms with Crippen LogP contribution in [0.4, 0.5) is 4.39 Å². The minimum atomic E-state index is -0.928. The van der Waals surface area contributed by atoms with Gasteiger partial charge in [0.15, 0.2) is 0 Å². The minimum absolute atomic E-state index is 0.0495. The number of benzene rings is 1. The molecule has 1 atom stereocenters. The van der Waals surface area contributed by atoms with Gasteiger partial charge in [-0.3, -0.25) is 0 Å². The number of methoxy groups -OCH3 is 1. The molecule has 1 aromatic carbocycles. The highest BCUT2D eigenvalue weighted by Crippen LogP contribution is 2.27. The Balaban J connectivity index is 3.10. The van der Waals surface area contributed by atoms with Crippen molar-refractivity contribution in [3.8, 4) is 0 Å². The molecule has 1 unspecified atom stereocenters. The number of halogens is 1. The third-order valence-corrected chi connectivity index (χ3v) is 2.34. The van der Waals surface area contributed by atoms with Gasteiger partial charge < -0.3 is 4.74 Å². The van der Waals surface area contributed by atoms with Crippen molar-refractivity contribution in [1.29, 1.82) is 0 Å². The molecule has 0 heterocycles. The zero-order chi connectivity index (χ0) is 11.3. The van der Waals surface area contributed by atoms with Crippen molar-refractivity contribution in [1.82, 2.24) is 0 Å². The number of hydrogen-bond acceptors (Lipinski definition) is 3. The number of hydrogen-bond donors (Lipinski definition) is 0. The molecule has 15 heavy (non-hydrogen) atoms. The zero-order valence-corrected chi connectivity index (χ0v) is 8.66. The number of aliphatic imine (C=N–C) groups is 1. The van der Waals surface area contributed by atoms with Gasteiger partial charge >= 0.3 is 0 Å². The molecular weight excluding hydrogens is 197 g/mol. The molecule has 0 N–H and O–H groups in total. The highest BCUT2D eigenvalue weighted by Gasteiger charge is 2.28. The van der Waals surface area contributed by atoms with Crippen LogP contribution in [0, 0.1) is 5.82 Å². The Bertz CT molecular complexity index is 388. The molecule has 80 valence electrons. The lowest BCUT2D eigenvalue weighted by Gasteiger charge is -2.26. The quantitative estimate of drug-likeness (QED) is 0.562. The van der Waals surface area contributed by atoms with Gasteiger partial charge in [-0.25, -0.2) is 14.2 Å². The average molecular weight is 209 g/mol. The molecular formula is C11H12FNO2. The lowest BCUT2D eigenvalue weighted by atomic mass is 9.95. The van der Waals surface area contributed by atoms with Crippen molar-refractivity contribution in [3.63, 3.8) is 0 Å². The molecule has 1 aromatic rings. The van der Waals surface area contributed by atoms with Crippen molar-refractivity contribution in [2.45, 2.75) is 12.5 Å². The minimum Gasteiger partial charge on any atom is -0.372 e. The molecule has 0 aromatic heterocycles. The van der Waals surface area contributed by atoms with Crippen LogP contribution in [0.15, 0.2) is 29.3 Å². The normalized spacial score (nSPS) is 14.1. The first-order valence-corrected chi connectivity index (χ1v) is 4.48. The predicted molar refractivity (Wildman–Crippen MR) is 53.7 cm³/mol. The molecule has 4 heteroatoms. The van der Waals surface area contributed by atoms with Gasteiger partial charge in [0, 0.05) is 12.7 Å². The van der Waals surface area contributed by atoms with E-state index in [1.54, 1.807) is 25.1 Å². The van der Waals surface area contributed by atoms with E-state index < -0.39 is 5.60 Å². The lowest BCUT2D eigenvalue weighted by Crippen LogP contribution is -2.29. The molecule has 0 bridgehead atoms. The van der Waals surface area contributed by atoms with Gasteiger partial charge in [0.05, 0.1) is 6.54 Å². The highest BCUT2D eigenvalue weighted by molar-refractivity contribution is 5.34. The summed E-state index contributed by atoms with van der Waals surface area (Å²) in [6.45, 7) is 1.72. The molecule has 0 radical (unpaired) electrons. The average Bonchev–Trinajstić information content (AvgIpc) is 2.26. The summed E-state index contributed by atoms with van der Waals surface area (Å²) in [5.74, 6) is -0.372. The van der Waals surface area contributed by atoms with E-state index in [4.69, 9.17) is 4.74 Å². The Kier molecular flexibility index (Phi) is 3.72. The first kappa shape index (κ1) is 11.6. The van der Waals surface area contributed by atoms with Crippen molar-refractivity contribution < 1.29 is 13.9 Å². The second kappa shape index (κ2) is 4.82. The fourth-order valence-electron chi connectivity index (χ4n) is 1.33. The van der Waals surface area contributed by atoms with E-state index in [2.05, 4.69) is 4.99 Å². The topological polar surface area (TPSA) is 38.7 Å². The molecule has 0 saturated carbocycles. The number of nitrogens with zero attached hydrogens (tertiary/aromatic N) is 1. The fourth-order valence-corrected chi connectivity index (χ4v) is 1.33. The summed E-state index contributed by atoms with van der Waals surface area (Å²) < 4.78 is 18.7. The maximum Gasteiger partial charge on any atom is 0.235 e. The van der Waals surface area contributed by atoms with Crippen molar-refractivity contribution in [2.24, 2.45) is 4.99 Å². The van der Waals surface area contributed by atoms with E-state index in [1.165, 1.54) is 19.3 Å². The Morgan fingerprint density at radius 1 is 1.53 bits per heavy atom. The molecule has 3 nitrogen and oxygen atoms in total. The molecule has 0 aliphatic rings. The van der Waals surface area contributed by atoms with E-state index in [0.29, 0.717) is 5.56 Å². The van der Waals surface area contributed by atoms with Gasteiger partial charge in [0.1, 0.15) is 11.4 Å². The molecule has 0 fully saturated rings. The van der Waals surface area contributed by atoms with Crippen molar-refractivity contribution in [3.05, 3.63) is 35.6 Å². The first-order chi connectivity index (χ1) is 7.14. The molecule has 0 amide bonds. The predicted octanol–water partition coefficient (Wildman–Crippen LogP) is 2.02. The van der Waals surface area contributed by atoms with Crippen molar-refractivity contribution in [2.75, 3.05) is 13.7 Å². The summed E-state index contributed by atoms with van der Waals surface area (Å²) in [6.07, 6.45) is 1.42. The number of ether oxygens (including phenoxy) is 1. The van der Waals surface area contributed by atoms with Gasteiger partial charge in [-0.05, 0) is 13.0 Å². The maximum atomic E-state index is 13.5. The Hall–Kier alpha value is -1.51. The van der Waals surface area contributed by atoms with Crippen molar-refractivity contribution >= 4 is 6.08 Å². The second-order valence-electron chi connectivity index (χ2n) is 3.32. The third kappa shape index (κ3) is 2.49. The summed E-state index contributed by atoms with van der Waals surface area (Å²) in [4.78, 5) is 13.5. The molecule has 0 aliphatic carbocycles. The van der Waals surface area contributed by atoms with Gasteiger partial charge in [0.25, 0.3) is 0 Å². The van der Waals surface area contributed by atoms with Gasteiger partial charge in [-0.15, -0.1) is 0 Å². The highest BCUT2D eigenvalue weighted by atomic mass is 19.1. The van der Waals surface area contributed by atoms with E-state index in [9.17, 15) is 9.18 Å². The smallest absolute Gasteiger partial charge is 0.235 e. The molecule has 0 saturated heterocycles. The van der Waals surface area contributed by atoms with Crippen LogP contribution in [0.3, 0.4) is 0 Å². The van der Waals surface area contributed by atoms with E-state index in [0.717, 1.165) is 0 Å². The summed E-state index contributed by atoms with van der Waals surface area (Å²) in [5, 5.41) is 0.